The predicted octanol–water partition coefficient (Wildman–Crippen LogP) is 1.65. The number of nitrogens with one attached hydrogen (secondary N) is 1. The minimum atomic E-state index is -0.402. The molecule has 3 N–H and O–H groups in total. The van der Waals surface area contributed by atoms with Gasteiger partial charge in [0.25, 0.3) is 0 Å². The van der Waals surface area contributed by atoms with Gasteiger partial charge in [-0.3, -0.25) is 5.84 Å². The summed E-state index contributed by atoms with van der Waals surface area (Å²) in [4.78, 5) is 11.3. The monoisotopic (exact) mass is 258 g/mol. The van der Waals surface area contributed by atoms with Gasteiger partial charge in [-0.25, -0.2) is 4.79 Å². The molecule has 0 radical (unpaired) electrons. The third kappa shape index (κ3) is 2.05. The molecule has 1 aromatic carbocycles. The van der Waals surface area contributed by atoms with E-state index in [-0.39, 0.29) is 0 Å². The predicted molar refractivity (Wildman–Crippen MR) is 58.2 cm³/mol. The number of esters is 1. The molecule has 1 rings (SSSR count). The van der Waals surface area contributed by atoms with E-state index in [2.05, 4.69) is 26.1 Å². The van der Waals surface area contributed by atoms with Crippen molar-refractivity contribution in [2.75, 3.05) is 12.5 Å². The maximum Gasteiger partial charge on any atom is 0.340 e. The van der Waals surface area contributed by atoms with Gasteiger partial charge in [0.2, 0.25) is 0 Å². The second kappa shape index (κ2) is 4.97. The van der Waals surface area contributed by atoms with Crippen LogP contribution in [0.25, 0.3) is 0 Å². The zero-order valence-corrected chi connectivity index (χ0v) is 9.30. The lowest BCUT2D eigenvalue weighted by Gasteiger charge is -2.10. The molecule has 0 bridgehead atoms. The number of benzene rings is 1. The molecule has 0 unspecified atom stereocenters. The lowest BCUT2D eigenvalue weighted by molar-refractivity contribution is 0.0601. The summed E-state index contributed by atoms with van der Waals surface area (Å²) in [5.41, 5.74) is 4.44. The van der Waals surface area contributed by atoms with Gasteiger partial charge >= 0.3 is 5.97 Å². The first-order chi connectivity index (χ1) is 6.74. The number of alkyl halides is 1. The lowest BCUT2D eigenvalue weighted by atomic mass is 10.1. The van der Waals surface area contributed by atoms with E-state index in [0.29, 0.717) is 16.6 Å². The molecule has 0 heterocycles. The van der Waals surface area contributed by atoms with Crippen molar-refractivity contribution >= 4 is 27.6 Å². The topological polar surface area (TPSA) is 64.3 Å². The Bertz CT molecular complexity index is 342. The number of methoxy groups -OCH3 is 1. The van der Waals surface area contributed by atoms with E-state index >= 15 is 0 Å². The number of hydrazine groups is 1. The van der Waals surface area contributed by atoms with Gasteiger partial charge in [0.05, 0.1) is 18.4 Å². The van der Waals surface area contributed by atoms with Crippen LogP contribution in [0, 0.1) is 0 Å². The van der Waals surface area contributed by atoms with Crippen molar-refractivity contribution in [3.63, 3.8) is 0 Å². The van der Waals surface area contributed by atoms with Crippen LogP contribution in [-0.2, 0) is 10.1 Å². The molecule has 0 saturated carbocycles. The summed E-state index contributed by atoms with van der Waals surface area (Å²) in [7, 11) is 1.34. The van der Waals surface area contributed by atoms with E-state index < -0.39 is 5.97 Å². The van der Waals surface area contributed by atoms with Gasteiger partial charge in [-0.15, -0.1) is 0 Å². The van der Waals surface area contributed by atoms with Crippen molar-refractivity contribution in [3.8, 4) is 0 Å². The molecule has 0 aromatic heterocycles. The average molecular weight is 259 g/mol. The third-order valence-electron chi connectivity index (χ3n) is 1.84. The van der Waals surface area contributed by atoms with Crippen molar-refractivity contribution in [3.05, 3.63) is 29.3 Å². The number of nitrogens with two attached hydrogens (primary N) is 1. The molecule has 0 aliphatic rings. The highest BCUT2D eigenvalue weighted by molar-refractivity contribution is 9.08. The first-order valence-corrected chi connectivity index (χ1v) is 5.09. The van der Waals surface area contributed by atoms with Crippen LogP contribution in [0.15, 0.2) is 18.2 Å². The van der Waals surface area contributed by atoms with Gasteiger partial charge in [0.1, 0.15) is 0 Å². The third-order valence-corrected chi connectivity index (χ3v) is 2.45. The Kier molecular flexibility index (Phi) is 3.91. The van der Waals surface area contributed by atoms with E-state index in [1.807, 2.05) is 6.07 Å². The summed E-state index contributed by atoms with van der Waals surface area (Å²) in [5, 5.41) is 0.622. The number of para-hydroxylation sites is 1. The number of carbonyl (C=O) groups is 1. The molecule has 0 spiro atoms. The normalized spacial score (nSPS) is 9.64. The summed E-state index contributed by atoms with van der Waals surface area (Å²) in [6, 6.07) is 5.31. The van der Waals surface area contributed by atoms with Crippen LogP contribution < -0.4 is 11.3 Å². The number of halogens is 1. The Morgan fingerprint density at radius 2 is 2.36 bits per heavy atom. The molecule has 0 aliphatic heterocycles. The number of ether oxygens (including phenoxy) is 1. The molecular weight excluding hydrogens is 248 g/mol. The Morgan fingerprint density at radius 1 is 1.64 bits per heavy atom. The molecule has 0 amide bonds. The summed E-state index contributed by atoms with van der Waals surface area (Å²) in [6.45, 7) is 0. The van der Waals surface area contributed by atoms with Crippen LogP contribution in [0.3, 0.4) is 0 Å². The van der Waals surface area contributed by atoms with E-state index in [4.69, 9.17) is 5.84 Å². The number of hydrogen-bond donors (Lipinski definition) is 2. The fourth-order valence-corrected chi connectivity index (χ4v) is 1.63. The maximum absolute atomic E-state index is 11.3. The van der Waals surface area contributed by atoms with E-state index in [1.165, 1.54) is 7.11 Å². The van der Waals surface area contributed by atoms with Gasteiger partial charge < -0.3 is 10.2 Å². The quantitative estimate of drug-likeness (QED) is 0.375. The van der Waals surface area contributed by atoms with Crippen LogP contribution in [0.5, 0.6) is 0 Å². The first-order valence-electron chi connectivity index (χ1n) is 3.97. The molecule has 76 valence electrons. The summed E-state index contributed by atoms with van der Waals surface area (Å²) >= 11 is 3.31. The van der Waals surface area contributed by atoms with E-state index in [1.54, 1.807) is 12.1 Å². The molecule has 14 heavy (non-hydrogen) atoms. The Labute approximate surface area is 90.5 Å². The highest BCUT2D eigenvalue weighted by Crippen LogP contribution is 2.22. The van der Waals surface area contributed by atoms with Crippen LogP contribution >= 0.6 is 15.9 Å². The van der Waals surface area contributed by atoms with Crippen LogP contribution in [-0.4, -0.2) is 13.1 Å². The molecular formula is C9H11BrN2O2. The minimum Gasteiger partial charge on any atom is -0.465 e. The summed E-state index contributed by atoms with van der Waals surface area (Å²) < 4.78 is 4.63. The number of anilines is 1. The molecule has 0 aliphatic carbocycles. The molecule has 0 fully saturated rings. The average Bonchev–Trinajstić information content (AvgIpc) is 2.26. The zero-order valence-electron chi connectivity index (χ0n) is 7.71. The molecule has 0 atom stereocenters. The lowest BCUT2D eigenvalue weighted by Crippen LogP contribution is -2.14. The summed E-state index contributed by atoms with van der Waals surface area (Å²) in [5.74, 6) is 4.94. The van der Waals surface area contributed by atoms with Crippen LogP contribution in [0.1, 0.15) is 15.9 Å². The van der Waals surface area contributed by atoms with Gasteiger partial charge in [0.15, 0.2) is 0 Å². The molecule has 0 saturated heterocycles. The van der Waals surface area contributed by atoms with E-state index in [0.717, 1.165) is 5.56 Å². The SMILES string of the molecule is COC(=O)c1cccc(CBr)c1NN. The van der Waals surface area contributed by atoms with E-state index in [9.17, 15) is 4.79 Å². The smallest absolute Gasteiger partial charge is 0.340 e. The standard InChI is InChI=1S/C9H11BrN2O2/c1-14-9(13)7-4-2-3-6(5-10)8(7)12-11/h2-4,12H,5,11H2,1H3. The summed E-state index contributed by atoms with van der Waals surface area (Å²) in [6.07, 6.45) is 0. The van der Waals surface area contributed by atoms with Gasteiger partial charge in [-0.1, -0.05) is 28.1 Å². The Morgan fingerprint density at radius 3 is 2.86 bits per heavy atom. The van der Waals surface area contributed by atoms with Crippen molar-refractivity contribution in [2.24, 2.45) is 5.84 Å². The van der Waals surface area contributed by atoms with Crippen molar-refractivity contribution in [1.82, 2.24) is 0 Å². The molecule has 4 nitrogen and oxygen atoms in total. The van der Waals surface area contributed by atoms with Crippen LogP contribution in [0.2, 0.25) is 0 Å². The zero-order chi connectivity index (χ0) is 10.6. The van der Waals surface area contributed by atoms with Gasteiger partial charge in [-0.2, -0.15) is 0 Å². The largest absolute Gasteiger partial charge is 0.465 e. The second-order valence-corrected chi connectivity index (χ2v) is 3.17. The molecule has 5 heteroatoms. The van der Waals surface area contributed by atoms with Gasteiger partial charge in [-0.05, 0) is 11.6 Å². The fraction of sp³-hybridized carbons (Fsp3) is 0.222. The first kappa shape index (κ1) is 11.0. The number of hydrogen-bond acceptors (Lipinski definition) is 4. The van der Waals surface area contributed by atoms with Crippen LogP contribution in [0.4, 0.5) is 5.69 Å². The minimum absolute atomic E-state index is 0.402. The van der Waals surface area contributed by atoms with Crippen molar-refractivity contribution in [1.29, 1.82) is 0 Å². The molecule has 1 aromatic rings. The highest BCUT2D eigenvalue weighted by Gasteiger charge is 2.13. The van der Waals surface area contributed by atoms with Crippen molar-refractivity contribution in [2.45, 2.75) is 5.33 Å². The maximum atomic E-state index is 11.3. The number of nitrogen functional groups attached to an aromatic ring is 1. The Balaban J connectivity index is 3.21. The van der Waals surface area contributed by atoms with Crippen molar-refractivity contribution < 1.29 is 9.53 Å². The van der Waals surface area contributed by atoms with Gasteiger partial charge in [0, 0.05) is 5.33 Å². The number of carbonyl (C=O) groups excluding carboxylic acids is 1. The second-order valence-electron chi connectivity index (χ2n) is 2.61. The highest BCUT2D eigenvalue weighted by atomic mass is 79.9. The fourth-order valence-electron chi connectivity index (χ4n) is 1.16. The number of rotatable bonds is 3. The Hall–Kier alpha value is -1.07.